The van der Waals surface area contributed by atoms with Crippen LogP contribution in [0.25, 0.3) is 0 Å². The summed E-state index contributed by atoms with van der Waals surface area (Å²) in [5, 5.41) is 0. The minimum Gasteiger partial charge on any atom is -0.494 e. The van der Waals surface area contributed by atoms with E-state index in [1.807, 2.05) is 19.9 Å². The van der Waals surface area contributed by atoms with Crippen LogP contribution in [-0.2, 0) is 25.8 Å². The number of nitrogens with zero attached hydrogens (tertiary/aromatic N) is 2. The summed E-state index contributed by atoms with van der Waals surface area (Å²) in [5.41, 5.74) is 1.96. The van der Waals surface area contributed by atoms with E-state index in [9.17, 15) is 18.0 Å². The number of carbonyl (C=O) groups excluding carboxylic acids is 2. The fraction of sp³-hybridized carbons (Fsp3) is 0.417. The average Bonchev–Trinajstić information content (AvgIpc) is 3.22. The van der Waals surface area contributed by atoms with Gasteiger partial charge < -0.3 is 14.5 Å². The molecule has 7 nitrogen and oxygen atoms in total. The first-order valence-electron chi connectivity index (χ1n) is 11.1. The Morgan fingerprint density at radius 3 is 2.42 bits per heavy atom. The Balaban J connectivity index is 1.81. The van der Waals surface area contributed by atoms with Gasteiger partial charge in [0.05, 0.1) is 22.9 Å². The van der Waals surface area contributed by atoms with Crippen LogP contribution in [0.4, 0.5) is 11.4 Å². The lowest BCUT2D eigenvalue weighted by Crippen LogP contribution is -2.32. The molecule has 0 unspecified atom stereocenters. The zero-order valence-corrected chi connectivity index (χ0v) is 21.5. The predicted octanol–water partition coefficient (Wildman–Crippen LogP) is 4.36. The molecule has 2 amide bonds. The van der Waals surface area contributed by atoms with Crippen LogP contribution in [0.3, 0.4) is 0 Å². The lowest BCUT2D eigenvalue weighted by molar-refractivity contribution is -0.119. The molecule has 3 rings (SSSR count). The molecule has 178 valence electrons. The van der Waals surface area contributed by atoms with Crippen molar-refractivity contribution in [3.8, 4) is 5.75 Å². The second kappa shape index (κ2) is 10.7. The molecule has 0 bridgehead atoms. The molecule has 1 aliphatic heterocycles. The molecule has 0 aromatic heterocycles. The summed E-state index contributed by atoms with van der Waals surface area (Å²) < 4.78 is 32.7. The fourth-order valence-corrected chi connectivity index (χ4v) is 6.17. The van der Waals surface area contributed by atoms with Gasteiger partial charge >= 0.3 is 0 Å². The van der Waals surface area contributed by atoms with Crippen molar-refractivity contribution in [2.75, 3.05) is 35.2 Å². The maximum Gasteiger partial charge on any atom is 0.228 e. The molecule has 2 aromatic rings. The molecule has 9 heteroatoms. The number of hydrogen-bond donors (Lipinski definition) is 0. The molecule has 0 atom stereocenters. The van der Waals surface area contributed by atoms with E-state index in [-0.39, 0.29) is 28.9 Å². The van der Waals surface area contributed by atoms with Gasteiger partial charge in [-0.15, -0.1) is 0 Å². The number of sulfone groups is 1. The van der Waals surface area contributed by atoms with E-state index < -0.39 is 9.84 Å². The Labute approximate surface area is 203 Å². The van der Waals surface area contributed by atoms with Gasteiger partial charge in [-0.1, -0.05) is 22.9 Å². The molecule has 0 radical (unpaired) electrons. The highest BCUT2D eigenvalue weighted by atomic mass is 79.9. The van der Waals surface area contributed by atoms with Crippen molar-refractivity contribution in [3.63, 3.8) is 0 Å². The van der Waals surface area contributed by atoms with E-state index in [4.69, 9.17) is 4.74 Å². The van der Waals surface area contributed by atoms with Crippen LogP contribution in [0.5, 0.6) is 5.75 Å². The summed E-state index contributed by atoms with van der Waals surface area (Å²) in [6, 6.07) is 10.5. The highest BCUT2D eigenvalue weighted by Gasteiger charge is 2.32. The van der Waals surface area contributed by atoms with E-state index in [1.165, 1.54) is 6.07 Å². The molecule has 2 aromatic carbocycles. The van der Waals surface area contributed by atoms with E-state index in [1.54, 1.807) is 41.0 Å². The topological polar surface area (TPSA) is 84.0 Å². The monoisotopic (exact) mass is 536 g/mol. The summed E-state index contributed by atoms with van der Waals surface area (Å²) in [6.45, 7) is 6.92. The highest BCUT2D eigenvalue weighted by Crippen LogP contribution is 2.38. The number of halogens is 1. The first kappa shape index (κ1) is 25.2. The minimum atomic E-state index is -3.81. The predicted molar refractivity (Wildman–Crippen MR) is 133 cm³/mol. The maximum atomic E-state index is 13.3. The summed E-state index contributed by atoms with van der Waals surface area (Å²) in [7, 11) is -3.81. The second-order valence-electron chi connectivity index (χ2n) is 7.69. The Bertz CT molecular complexity index is 1130. The summed E-state index contributed by atoms with van der Waals surface area (Å²) in [6.07, 6.45) is 0.733. The summed E-state index contributed by atoms with van der Waals surface area (Å²) in [4.78, 5) is 28.6. The number of anilines is 2. The molecule has 0 saturated carbocycles. The molecular formula is C24H29BrN2O5S. The Kier molecular flexibility index (Phi) is 8.18. The van der Waals surface area contributed by atoms with Crippen molar-refractivity contribution < 1.29 is 22.7 Å². The van der Waals surface area contributed by atoms with Gasteiger partial charge in [0.2, 0.25) is 11.8 Å². The molecule has 33 heavy (non-hydrogen) atoms. The highest BCUT2D eigenvalue weighted by molar-refractivity contribution is 9.10. The van der Waals surface area contributed by atoms with Crippen LogP contribution >= 0.6 is 15.9 Å². The first-order valence-corrected chi connectivity index (χ1v) is 13.5. The number of fused-ring (bicyclic) bond motifs is 1. The van der Waals surface area contributed by atoms with Crippen LogP contribution in [0.2, 0.25) is 0 Å². The second-order valence-corrected chi connectivity index (χ2v) is 10.7. The number of carbonyl (C=O) groups is 2. The lowest BCUT2D eigenvalue weighted by Gasteiger charge is -2.22. The molecule has 0 spiro atoms. The third-order valence-corrected chi connectivity index (χ3v) is 7.77. The van der Waals surface area contributed by atoms with Crippen LogP contribution < -0.4 is 14.5 Å². The Morgan fingerprint density at radius 2 is 1.82 bits per heavy atom. The molecule has 1 aliphatic rings. The van der Waals surface area contributed by atoms with Crippen LogP contribution in [0.15, 0.2) is 45.8 Å². The third-order valence-electron chi connectivity index (χ3n) is 5.59. The summed E-state index contributed by atoms with van der Waals surface area (Å²) >= 11 is 3.39. The number of benzene rings is 2. The molecule has 0 aliphatic carbocycles. The van der Waals surface area contributed by atoms with Gasteiger partial charge in [-0.3, -0.25) is 9.59 Å². The van der Waals surface area contributed by atoms with Crippen molar-refractivity contribution in [2.24, 2.45) is 0 Å². The van der Waals surface area contributed by atoms with Crippen LogP contribution in [-0.4, -0.2) is 45.7 Å². The van der Waals surface area contributed by atoms with E-state index in [0.717, 1.165) is 5.56 Å². The average molecular weight is 537 g/mol. The minimum absolute atomic E-state index is 0.100. The third kappa shape index (κ3) is 5.58. The number of ether oxygens (including phenoxy) is 1. The number of amides is 2. The zero-order valence-electron chi connectivity index (χ0n) is 19.1. The van der Waals surface area contributed by atoms with Gasteiger partial charge in [0.25, 0.3) is 0 Å². The van der Waals surface area contributed by atoms with Crippen molar-refractivity contribution >= 4 is 49.0 Å². The van der Waals surface area contributed by atoms with E-state index in [2.05, 4.69) is 15.9 Å². The quantitative estimate of drug-likeness (QED) is 0.475. The number of rotatable bonds is 9. The standard InChI is InChI=1S/C24H29BrN2O5S/c1-4-22(28)27-13-11-17-15-18(25)16-21(24(17)27)33(30,31)14-12-23(29)26(5-2)19-7-9-20(10-8-19)32-6-3/h7-10,15-16H,4-6,11-14H2,1-3H3. The maximum absolute atomic E-state index is 13.3. The molecule has 0 fully saturated rings. The van der Waals surface area contributed by atoms with Crippen molar-refractivity contribution in [2.45, 2.75) is 44.9 Å². The molecule has 1 heterocycles. The largest absolute Gasteiger partial charge is 0.494 e. The van der Waals surface area contributed by atoms with Gasteiger partial charge in [0.15, 0.2) is 9.84 Å². The molecular weight excluding hydrogens is 508 g/mol. The molecule has 0 saturated heterocycles. The number of hydrogen-bond acceptors (Lipinski definition) is 5. The first-order chi connectivity index (χ1) is 15.7. The fourth-order valence-electron chi connectivity index (χ4n) is 4.01. The van der Waals surface area contributed by atoms with Crippen molar-refractivity contribution in [3.05, 3.63) is 46.4 Å². The van der Waals surface area contributed by atoms with Crippen molar-refractivity contribution in [1.29, 1.82) is 0 Å². The lowest BCUT2D eigenvalue weighted by atomic mass is 10.2. The SMILES string of the molecule is CCOc1ccc(N(CC)C(=O)CCS(=O)(=O)c2cc(Br)cc3c2N(C(=O)CC)CC3)cc1. The smallest absolute Gasteiger partial charge is 0.228 e. The van der Waals surface area contributed by atoms with Gasteiger partial charge in [0.1, 0.15) is 5.75 Å². The van der Waals surface area contributed by atoms with Gasteiger partial charge in [-0.2, -0.15) is 0 Å². The van der Waals surface area contributed by atoms with Crippen LogP contribution in [0, 0.1) is 0 Å². The van der Waals surface area contributed by atoms with E-state index >= 15 is 0 Å². The van der Waals surface area contributed by atoms with Crippen LogP contribution in [0.1, 0.15) is 39.2 Å². The van der Waals surface area contributed by atoms with Gasteiger partial charge in [-0.25, -0.2) is 8.42 Å². The van der Waals surface area contributed by atoms with Gasteiger partial charge in [0, 0.05) is 36.1 Å². The Hall–Kier alpha value is -2.39. The summed E-state index contributed by atoms with van der Waals surface area (Å²) in [5.74, 6) is -0.0206. The van der Waals surface area contributed by atoms with Crippen molar-refractivity contribution in [1.82, 2.24) is 0 Å². The normalized spacial score (nSPS) is 13.0. The van der Waals surface area contributed by atoms with E-state index in [0.29, 0.717) is 54.1 Å². The molecule has 0 N–H and O–H groups in total. The Morgan fingerprint density at radius 1 is 1.12 bits per heavy atom. The zero-order chi connectivity index (χ0) is 24.2. The van der Waals surface area contributed by atoms with Gasteiger partial charge in [-0.05, 0) is 62.2 Å².